The Bertz CT molecular complexity index is 1340. The summed E-state index contributed by atoms with van der Waals surface area (Å²) >= 11 is 8.00. The van der Waals surface area contributed by atoms with Gasteiger partial charge in [0.1, 0.15) is 0 Å². The average Bonchev–Trinajstić information content (AvgIpc) is 3.49. The summed E-state index contributed by atoms with van der Waals surface area (Å²) in [5.74, 6) is -0.0912. The van der Waals surface area contributed by atoms with E-state index in [0.29, 0.717) is 17.1 Å². The van der Waals surface area contributed by atoms with Gasteiger partial charge in [-0.15, -0.1) is 11.3 Å². The third-order valence-corrected chi connectivity index (χ3v) is 7.44. The lowest BCUT2D eigenvalue weighted by Gasteiger charge is -2.32. The molecule has 0 saturated carbocycles. The molecular formula is C27H28ClN5OS. The van der Waals surface area contributed by atoms with E-state index >= 15 is 0 Å². The van der Waals surface area contributed by atoms with Crippen LogP contribution in [0.4, 0.5) is 5.69 Å². The zero-order valence-corrected chi connectivity index (χ0v) is 21.2. The summed E-state index contributed by atoms with van der Waals surface area (Å²) in [6.45, 7) is 5.40. The number of aromatic amines is 1. The van der Waals surface area contributed by atoms with Crippen molar-refractivity contribution < 1.29 is 4.79 Å². The second-order valence-electron chi connectivity index (χ2n) is 8.95. The third-order valence-electron chi connectivity index (χ3n) is 6.26. The maximum atomic E-state index is 12.5. The van der Waals surface area contributed by atoms with Crippen molar-refractivity contribution >= 4 is 57.6 Å². The summed E-state index contributed by atoms with van der Waals surface area (Å²) in [5, 5.41) is 13.8. The van der Waals surface area contributed by atoms with Gasteiger partial charge >= 0.3 is 0 Å². The van der Waals surface area contributed by atoms with Crippen LogP contribution in [0.25, 0.3) is 23.1 Å². The van der Waals surface area contributed by atoms with Crippen LogP contribution in [-0.4, -0.2) is 59.1 Å². The van der Waals surface area contributed by atoms with Crippen molar-refractivity contribution in [2.24, 2.45) is 0 Å². The number of hydrogen-bond acceptors (Lipinski definition) is 5. The van der Waals surface area contributed by atoms with E-state index in [0.717, 1.165) is 59.8 Å². The molecule has 8 heteroatoms. The number of fused-ring (bicyclic) bond motifs is 1. The zero-order chi connectivity index (χ0) is 24.2. The number of aromatic nitrogens is 2. The molecule has 5 rings (SSSR count). The number of H-pyrrole nitrogens is 1. The number of hydrogen-bond donors (Lipinski definition) is 2. The lowest BCUT2D eigenvalue weighted by molar-refractivity contribution is -0.115. The van der Waals surface area contributed by atoms with Crippen molar-refractivity contribution in [2.75, 3.05) is 38.5 Å². The first-order chi connectivity index (χ1) is 17.0. The lowest BCUT2D eigenvalue weighted by atomic mass is 10.1. The van der Waals surface area contributed by atoms with Gasteiger partial charge in [0.25, 0.3) is 0 Å². The molecule has 1 saturated heterocycles. The van der Waals surface area contributed by atoms with Crippen molar-refractivity contribution in [3.8, 4) is 0 Å². The number of nitrogens with one attached hydrogen (secondary N) is 2. The van der Waals surface area contributed by atoms with Crippen LogP contribution in [0, 0.1) is 0 Å². The summed E-state index contributed by atoms with van der Waals surface area (Å²) in [7, 11) is 2.18. The molecule has 2 aromatic carbocycles. The Morgan fingerprint density at radius 2 is 2.00 bits per heavy atom. The molecule has 0 radical (unpaired) electrons. The Labute approximate surface area is 214 Å². The number of carbonyl (C=O) groups excluding carboxylic acids is 1. The highest BCUT2D eigenvalue weighted by Gasteiger charge is 2.14. The summed E-state index contributed by atoms with van der Waals surface area (Å²) in [5.41, 5.74) is 4.66. The number of amides is 1. The SMILES string of the molecule is CN1CCN(Cc2cccc(/C=C/c3n[nH]c4cc(Cl)c(NC(=O)Cc5cccs5)cc34)c2)CC1. The monoisotopic (exact) mass is 505 g/mol. The van der Waals surface area contributed by atoms with Gasteiger partial charge < -0.3 is 10.2 Å². The highest BCUT2D eigenvalue weighted by Crippen LogP contribution is 2.30. The van der Waals surface area contributed by atoms with Gasteiger partial charge in [0, 0.05) is 43.0 Å². The summed E-state index contributed by atoms with van der Waals surface area (Å²) in [4.78, 5) is 18.4. The van der Waals surface area contributed by atoms with Gasteiger partial charge in [-0.25, -0.2) is 0 Å². The van der Waals surface area contributed by atoms with Crippen molar-refractivity contribution in [3.63, 3.8) is 0 Å². The van der Waals surface area contributed by atoms with E-state index in [1.807, 2.05) is 29.7 Å². The second-order valence-corrected chi connectivity index (χ2v) is 10.4. The predicted molar refractivity (Wildman–Crippen MR) is 146 cm³/mol. The molecule has 2 aromatic heterocycles. The predicted octanol–water partition coefficient (Wildman–Crippen LogP) is 5.38. The van der Waals surface area contributed by atoms with Gasteiger partial charge in [0.2, 0.25) is 5.91 Å². The van der Waals surface area contributed by atoms with Crippen LogP contribution >= 0.6 is 22.9 Å². The summed E-state index contributed by atoms with van der Waals surface area (Å²) in [6.07, 6.45) is 4.40. The molecule has 0 unspecified atom stereocenters. The van der Waals surface area contributed by atoms with E-state index in [4.69, 9.17) is 11.6 Å². The number of rotatable bonds is 7. The van der Waals surface area contributed by atoms with Gasteiger partial charge in [-0.05, 0) is 47.8 Å². The Balaban J connectivity index is 1.30. The average molecular weight is 506 g/mol. The summed E-state index contributed by atoms with van der Waals surface area (Å²) in [6, 6.07) is 16.2. The number of halogens is 1. The minimum Gasteiger partial charge on any atom is -0.324 e. The van der Waals surface area contributed by atoms with Crippen LogP contribution < -0.4 is 5.32 Å². The Kier molecular flexibility index (Phi) is 7.29. The van der Waals surface area contributed by atoms with Crippen molar-refractivity contribution in [3.05, 3.63) is 80.6 Å². The Morgan fingerprint density at radius 3 is 2.80 bits per heavy atom. The molecular weight excluding hydrogens is 478 g/mol. The molecule has 0 bridgehead atoms. The molecule has 4 aromatic rings. The number of anilines is 1. The molecule has 1 aliphatic heterocycles. The minimum atomic E-state index is -0.0912. The fourth-order valence-electron chi connectivity index (χ4n) is 4.28. The van der Waals surface area contributed by atoms with Gasteiger partial charge in [-0.1, -0.05) is 48.0 Å². The van der Waals surface area contributed by atoms with E-state index in [1.54, 1.807) is 17.4 Å². The van der Waals surface area contributed by atoms with Crippen molar-refractivity contribution in [2.45, 2.75) is 13.0 Å². The number of likely N-dealkylation sites (N-methyl/N-ethyl adjacent to an activating group) is 1. The molecule has 0 spiro atoms. The van der Waals surface area contributed by atoms with Crippen LogP contribution in [0.5, 0.6) is 0 Å². The number of piperazine rings is 1. The van der Waals surface area contributed by atoms with E-state index in [-0.39, 0.29) is 5.91 Å². The molecule has 35 heavy (non-hydrogen) atoms. The number of thiophene rings is 1. The molecule has 2 N–H and O–H groups in total. The maximum absolute atomic E-state index is 12.5. The van der Waals surface area contributed by atoms with Crippen LogP contribution in [0.15, 0.2) is 53.9 Å². The van der Waals surface area contributed by atoms with Gasteiger partial charge in [0.15, 0.2) is 0 Å². The maximum Gasteiger partial charge on any atom is 0.229 e. The first-order valence-electron chi connectivity index (χ1n) is 11.7. The van der Waals surface area contributed by atoms with Crippen LogP contribution in [-0.2, 0) is 17.8 Å². The molecule has 1 amide bonds. The van der Waals surface area contributed by atoms with E-state index in [2.05, 4.69) is 62.7 Å². The quantitative estimate of drug-likeness (QED) is 0.354. The van der Waals surface area contributed by atoms with Gasteiger partial charge in [-0.3, -0.25) is 14.8 Å². The lowest BCUT2D eigenvalue weighted by Crippen LogP contribution is -2.43. The topological polar surface area (TPSA) is 64.3 Å². The third kappa shape index (κ3) is 6.00. The second kappa shape index (κ2) is 10.7. The number of benzene rings is 2. The number of carbonyl (C=O) groups is 1. The van der Waals surface area contributed by atoms with Gasteiger partial charge in [-0.2, -0.15) is 5.10 Å². The largest absolute Gasteiger partial charge is 0.324 e. The molecule has 1 aliphatic rings. The molecule has 0 aliphatic carbocycles. The first-order valence-corrected chi connectivity index (χ1v) is 13.0. The van der Waals surface area contributed by atoms with Crippen molar-refractivity contribution in [1.82, 2.24) is 20.0 Å². The van der Waals surface area contributed by atoms with Crippen LogP contribution in [0.3, 0.4) is 0 Å². The first kappa shape index (κ1) is 23.8. The standard InChI is InChI=1S/C27H28ClN5OS/c1-32-9-11-33(12-10-32)18-20-5-2-4-19(14-20)7-8-24-22-16-26(23(28)17-25(22)31-30-24)29-27(34)15-21-6-3-13-35-21/h2-8,13-14,16-17H,9-12,15,18H2,1H3,(H,29,34)(H,30,31)/b8-7+. The Hall–Kier alpha value is -2.97. The van der Waals surface area contributed by atoms with Crippen molar-refractivity contribution in [1.29, 1.82) is 0 Å². The smallest absolute Gasteiger partial charge is 0.229 e. The minimum absolute atomic E-state index is 0.0912. The molecule has 1 fully saturated rings. The van der Waals surface area contributed by atoms with E-state index in [1.165, 1.54) is 5.56 Å². The summed E-state index contributed by atoms with van der Waals surface area (Å²) < 4.78 is 0. The molecule has 3 heterocycles. The van der Waals surface area contributed by atoms with Crippen LogP contribution in [0.1, 0.15) is 21.7 Å². The Morgan fingerprint density at radius 1 is 1.14 bits per heavy atom. The highest BCUT2D eigenvalue weighted by atomic mass is 35.5. The van der Waals surface area contributed by atoms with Crippen LogP contribution in [0.2, 0.25) is 5.02 Å². The van der Waals surface area contributed by atoms with E-state index in [9.17, 15) is 4.79 Å². The van der Waals surface area contributed by atoms with E-state index < -0.39 is 0 Å². The zero-order valence-electron chi connectivity index (χ0n) is 19.6. The fourth-order valence-corrected chi connectivity index (χ4v) is 5.20. The van der Waals surface area contributed by atoms with Gasteiger partial charge in [0.05, 0.1) is 28.3 Å². The highest BCUT2D eigenvalue weighted by molar-refractivity contribution is 7.10. The molecule has 0 atom stereocenters. The fraction of sp³-hybridized carbons (Fsp3) is 0.259. The molecule has 180 valence electrons. The normalized spacial score (nSPS) is 15.3. The molecule has 6 nitrogen and oxygen atoms in total. The number of nitrogens with zero attached hydrogens (tertiary/aromatic N) is 3.